The molecule has 6 heteroatoms. The fourth-order valence-corrected chi connectivity index (χ4v) is 2.97. The first-order valence-electron chi connectivity index (χ1n) is 8.98. The maximum absolute atomic E-state index is 12.9. The molecule has 1 aromatic rings. The predicted octanol–water partition coefficient (Wildman–Crippen LogP) is 1.94. The average Bonchev–Trinajstić information content (AvgIpc) is 2.60. The highest BCUT2D eigenvalue weighted by Crippen LogP contribution is 2.18. The maximum atomic E-state index is 12.9. The molecule has 1 heterocycles. The Morgan fingerprint density at radius 3 is 2.56 bits per heavy atom. The van der Waals surface area contributed by atoms with Crippen LogP contribution in [0.3, 0.4) is 0 Å². The van der Waals surface area contributed by atoms with Gasteiger partial charge >= 0.3 is 0 Å². The molecule has 1 amide bonds. The number of β-amino-alcohol motifs (C(OH)–C–C–N with tert-alkyl or cyclic N) is 1. The third-order valence-electron chi connectivity index (χ3n) is 4.43. The lowest BCUT2D eigenvalue weighted by molar-refractivity contribution is -0.126. The summed E-state index contributed by atoms with van der Waals surface area (Å²) in [6.07, 6.45) is 1.19. The van der Waals surface area contributed by atoms with Gasteiger partial charge in [0.1, 0.15) is 5.82 Å². The van der Waals surface area contributed by atoms with E-state index in [1.165, 1.54) is 12.1 Å². The van der Waals surface area contributed by atoms with Gasteiger partial charge in [-0.15, -0.1) is 0 Å². The van der Waals surface area contributed by atoms with Crippen LogP contribution in [-0.4, -0.2) is 54.4 Å². The molecule has 2 N–H and O–H groups in total. The summed E-state index contributed by atoms with van der Waals surface area (Å²) >= 11 is 0. The third-order valence-corrected chi connectivity index (χ3v) is 4.43. The summed E-state index contributed by atoms with van der Waals surface area (Å²) in [4.78, 5) is 14.5. The number of hydrogen-bond acceptors (Lipinski definition) is 4. The zero-order chi connectivity index (χ0) is 18.2. The monoisotopic (exact) mass is 352 g/mol. The van der Waals surface area contributed by atoms with Crippen LogP contribution in [0, 0.1) is 11.7 Å². The number of nitrogens with zero attached hydrogens (tertiary/aromatic N) is 1. The molecule has 1 aromatic carbocycles. The summed E-state index contributed by atoms with van der Waals surface area (Å²) in [7, 11) is 0. The van der Waals surface area contributed by atoms with Crippen LogP contribution in [0.5, 0.6) is 0 Å². The number of piperidine rings is 1. The van der Waals surface area contributed by atoms with E-state index in [4.69, 9.17) is 4.74 Å². The first kappa shape index (κ1) is 19.8. The van der Waals surface area contributed by atoms with Crippen LogP contribution in [0.25, 0.3) is 0 Å². The summed E-state index contributed by atoms with van der Waals surface area (Å²) in [6.45, 7) is 6.84. The summed E-state index contributed by atoms with van der Waals surface area (Å²) in [5.74, 6) is -0.225. The van der Waals surface area contributed by atoms with Crippen LogP contribution >= 0.6 is 0 Å². The Balaban J connectivity index is 1.66. The van der Waals surface area contributed by atoms with Crippen LogP contribution in [0.2, 0.25) is 0 Å². The average molecular weight is 352 g/mol. The first-order chi connectivity index (χ1) is 11.9. The first-order valence-corrected chi connectivity index (χ1v) is 8.98. The van der Waals surface area contributed by atoms with Crippen molar-refractivity contribution in [3.05, 3.63) is 35.6 Å². The van der Waals surface area contributed by atoms with Crippen LogP contribution in [0.4, 0.5) is 4.39 Å². The van der Waals surface area contributed by atoms with Gasteiger partial charge in [0.25, 0.3) is 0 Å². The number of hydrogen-bond donors (Lipinski definition) is 2. The van der Waals surface area contributed by atoms with Crippen molar-refractivity contribution in [3.63, 3.8) is 0 Å². The van der Waals surface area contributed by atoms with Crippen molar-refractivity contribution >= 4 is 5.91 Å². The lowest BCUT2D eigenvalue weighted by Gasteiger charge is -2.32. The highest BCUT2D eigenvalue weighted by Gasteiger charge is 2.25. The molecule has 0 aromatic heterocycles. The highest BCUT2D eigenvalue weighted by molar-refractivity contribution is 5.78. The van der Waals surface area contributed by atoms with Gasteiger partial charge in [-0.1, -0.05) is 12.1 Å². The molecule has 1 unspecified atom stereocenters. The van der Waals surface area contributed by atoms with Gasteiger partial charge in [-0.05, 0) is 57.5 Å². The Morgan fingerprint density at radius 1 is 1.32 bits per heavy atom. The normalized spacial score (nSPS) is 17.6. The van der Waals surface area contributed by atoms with Crippen molar-refractivity contribution in [2.24, 2.45) is 5.92 Å². The van der Waals surface area contributed by atoms with Crippen molar-refractivity contribution in [1.82, 2.24) is 10.2 Å². The van der Waals surface area contributed by atoms with Crippen LogP contribution < -0.4 is 5.32 Å². The maximum Gasteiger partial charge on any atom is 0.223 e. The molecule has 0 saturated carbocycles. The molecular formula is C19H29FN2O3. The van der Waals surface area contributed by atoms with E-state index in [0.717, 1.165) is 31.5 Å². The standard InChI is InChI=1S/C19H29FN2O3/c1-14(2)25-13-18(23)12-22-9-7-16(8-10-22)19(24)21-11-15-3-5-17(20)6-4-15/h3-6,14,16,18,23H,7-13H2,1-2H3,(H,21,24). The van der Waals surface area contributed by atoms with Crippen LogP contribution in [0.1, 0.15) is 32.3 Å². The number of benzene rings is 1. The van der Waals surface area contributed by atoms with Gasteiger partial charge in [0.15, 0.2) is 0 Å². The predicted molar refractivity (Wildman–Crippen MR) is 94.5 cm³/mol. The molecule has 0 aliphatic carbocycles. The molecule has 0 spiro atoms. The summed E-state index contributed by atoms with van der Waals surface area (Å²) in [6, 6.07) is 6.15. The van der Waals surface area contributed by atoms with E-state index in [-0.39, 0.29) is 23.7 Å². The fraction of sp³-hybridized carbons (Fsp3) is 0.632. The number of halogens is 1. The number of ether oxygens (including phenoxy) is 1. The summed E-state index contributed by atoms with van der Waals surface area (Å²) < 4.78 is 18.3. The molecule has 0 bridgehead atoms. The van der Waals surface area contributed by atoms with Gasteiger partial charge in [0.05, 0.1) is 18.8 Å². The van der Waals surface area contributed by atoms with Gasteiger partial charge in [0, 0.05) is 19.0 Å². The van der Waals surface area contributed by atoms with Crippen molar-refractivity contribution in [2.75, 3.05) is 26.2 Å². The fourth-order valence-electron chi connectivity index (χ4n) is 2.97. The molecule has 1 fully saturated rings. The van der Waals surface area contributed by atoms with Crippen molar-refractivity contribution < 1.29 is 19.0 Å². The van der Waals surface area contributed by atoms with E-state index in [1.807, 2.05) is 13.8 Å². The molecular weight excluding hydrogens is 323 g/mol. The van der Waals surface area contributed by atoms with Gasteiger partial charge in [-0.25, -0.2) is 4.39 Å². The second kappa shape index (κ2) is 9.85. The topological polar surface area (TPSA) is 61.8 Å². The zero-order valence-corrected chi connectivity index (χ0v) is 15.1. The van der Waals surface area contributed by atoms with Gasteiger partial charge < -0.3 is 20.1 Å². The van der Waals surface area contributed by atoms with E-state index in [2.05, 4.69) is 10.2 Å². The minimum atomic E-state index is -0.494. The molecule has 140 valence electrons. The van der Waals surface area contributed by atoms with E-state index in [1.54, 1.807) is 12.1 Å². The molecule has 1 aliphatic rings. The number of likely N-dealkylation sites (tertiary alicyclic amines) is 1. The molecule has 1 atom stereocenters. The van der Waals surface area contributed by atoms with Crippen molar-refractivity contribution in [1.29, 1.82) is 0 Å². The van der Waals surface area contributed by atoms with Crippen LogP contribution in [0.15, 0.2) is 24.3 Å². The van der Waals surface area contributed by atoms with E-state index >= 15 is 0 Å². The number of carbonyl (C=O) groups excluding carboxylic acids is 1. The Kier molecular flexibility index (Phi) is 7.81. The van der Waals surface area contributed by atoms with E-state index in [9.17, 15) is 14.3 Å². The number of aliphatic hydroxyl groups excluding tert-OH is 1. The lowest BCUT2D eigenvalue weighted by atomic mass is 9.95. The molecule has 1 aliphatic heterocycles. The molecule has 1 saturated heterocycles. The van der Waals surface area contributed by atoms with Crippen molar-refractivity contribution in [2.45, 2.75) is 45.4 Å². The Hall–Kier alpha value is -1.50. The molecule has 2 rings (SSSR count). The number of rotatable bonds is 8. The SMILES string of the molecule is CC(C)OCC(O)CN1CCC(C(=O)NCc2ccc(F)cc2)CC1. The second-order valence-corrected chi connectivity index (χ2v) is 6.96. The third kappa shape index (κ3) is 7.10. The summed E-state index contributed by atoms with van der Waals surface area (Å²) in [5.41, 5.74) is 0.889. The van der Waals surface area contributed by atoms with Crippen molar-refractivity contribution in [3.8, 4) is 0 Å². The highest BCUT2D eigenvalue weighted by atomic mass is 19.1. The minimum absolute atomic E-state index is 0.000699. The quantitative estimate of drug-likeness (QED) is 0.751. The number of amides is 1. The number of carbonyl (C=O) groups is 1. The Morgan fingerprint density at radius 2 is 1.96 bits per heavy atom. The number of aliphatic hydroxyl groups is 1. The second-order valence-electron chi connectivity index (χ2n) is 6.96. The minimum Gasteiger partial charge on any atom is -0.389 e. The van der Waals surface area contributed by atoms with Crippen LogP contribution in [-0.2, 0) is 16.1 Å². The Bertz CT molecular complexity index is 528. The molecule has 25 heavy (non-hydrogen) atoms. The van der Waals surface area contributed by atoms with E-state index in [0.29, 0.717) is 19.7 Å². The zero-order valence-electron chi connectivity index (χ0n) is 15.1. The largest absolute Gasteiger partial charge is 0.389 e. The smallest absolute Gasteiger partial charge is 0.223 e. The van der Waals surface area contributed by atoms with E-state index < -0.39 is 6.10 Å². The summed E-state index contributed by atoms with van der Waals surface area (Å²) in [5, 5.41) is 12.9. The molecule has 0 radical (unpaired) electrons. The van der Waals surface area contributed by atoms with Gasteiger partial charge in [-0.2, -0.15) is 0 Å². The Labute approximate surface area is 149 Å². The van der Waals surface area contributed by atoms with Gasteiger partial charge in [0.2, 0.25) is 5.91 Å². The number of nitrogens with one attached hydrogen (secondary N) is 1. The molecule has 5 nitrogen and oxygen atoms in total. The lowest BCUT2D eigenvalue weighted by Crippen LogP contribution is -2.43. The van der Waals surface area contributed by atoms with Gasteiger partial charge in [-0.3, -0.25) is 4.79 Å².